The number of ketones is 1. The zero-order chi connectivity index (χ0) is 15.6. The number of esters is 1. The van der Waals surface area contributed by atoms with E-state index >= 15 is 0 Å². The minimum atomic E-state index is -1.75. The van der Waals surface area contributed by atoms with E-state index < -0.39 is 17.4 Å². The molecule has 0 N–H and O–H groups in total. The Bertz CT molecular complexity index is 625. The van der Waals surface area contributed by atoms with Crippen molar-refractivity contribution in [1.82, 2.24) is 0 Å². The molecule has 0 saturated heterocycles. The molecule has 0 radical (unpaired) electrons. The van der Waals surface area contributed by atoms with Gasteiger partial charge in [0.2, 0.25) is 0 Å². The van der Waals surface area contributed by atoms with Crippen LogP contribution in [0.25, 0.3) is 5.76 Å². The van der Waals surface area contributed by atoms with E-state index in [1.54, 1.807) is 13.0 Å². The molecule has 1 aliphatic heterocycles. The van der Waals surface area contributed by atoms with Crippen LogP contribution in [0.1, 0.15) is 25.0 Å². The van der Waals surface area contributed by atoms with E-state index in [0.29, 0.717) is 11.3 Å². The highest BCUT2D eigenvalue weighted by atomic mass is 16.6. The summed E-state index contributed by atoms with van der Waals surface area (Å²) >= 11 is 0. The van der Waals surface area contributed by atoms with Crippen LogP contribution < -0.4 is 0 Å². The molecule has 0 aromatic heterocycles. The lowest BCUT2D eigenvalue weighted by molar-refractivity contribution is -0.163. The zero-order valence-electron chi connectivity index (χ0n) is 12.4. The van der Waals surface area contributed by atoms with E-state index in [0.717, 1.165) is 11.1 Å². The summed E-state index contributed by atoms with van der Waals surface area (Å²) in [6.07, 6.45) is 1.61. The van der Waals surface area contributed by atoms with Crippen molar-refractivity contribution in [2.75, 3.05) is 6.61 Å². The van der Waals surface area contributed by atoms with E-state index in [4.69, 9.17) is 9.47 Å². The molecule has 110 valence electrons. The monoisotopic (exact) mass is 286 g/mol. The molecule has 0 fully saturated rings. The van der Waals surface area contributed by atoms with Crippen LogP contribution in [0.5, 0.6) is 0 Å². The Kier molecular flexibility index (Phi) is 3.98. The van der Waals surface area contributed by atoms with Crippen molar-refractivity contribution in [3.05, 3.63) is 53.6 Å². The molecule has 0 spiro atoms. The minimum Gasteiger partial charge on any atom is -0.462 e. The minimum absolute atomic E-state index is 0.171. The van der Waals surface area contributed by atoms with Crippen LogP contribution in [-0.4, -0.2) is 24.0 Å². The van der Waals surface area contributed by atoms with Crippen molar-refractivity contribution in [3.8, 4) is 0 Å². The Balaban J connectivity index is 2.38. The molecule has 4 heteroatoms. The van der Waals surface area contributed by atoms with Gasteiger partial charge >= 0.3 is 5.97 Å². The number of carbonyl (C=O) groups excluding carboxylic acids is 2. The van der Waals surface area contributed by atoms with Gasteiger partial charge < -0.3 is 9.47 Å². The summed E-state index contributed by atoms with van der Waals surface area (Å²) in [5, 5.41) is 0. The topological polar surface area (TPSA) is 52.6 Å². The quantitative estimate of drug-likeness (QED) is 0.631. The zero-order valence-corrected chi connectivity index (χ0v) is 12.4. The third kappa shape index (κ3) is 2.49. The average molecular weight is 286 g/mol. The second-order valence-corrected chi connectivity index (χ2v) is 4.96. The molecule has 1 aromatic carbocycles. The maximum absolute atomic E-state index is 12.2. The van der Waals surface area contributed by atoms with Gasteiger partial charge in [0, 0.05) is 11.1 Å². The van der Waals surface area contributed by atoms with E-state index in [-0.39, 0.29) is 6.61 Å². The number of hydrogen-bond acceptors (Lipinski definition) is 4. The molecular weight excluding hydrogens is 268 g/mol. The fraction of sp³-hybridized carbons (Fsp3) is 0.294. The molecule has 1 aromatic rings. The molecule has 1 atom stereocenters. The van der Waals surface area contributed by atoms with Gasteiger partial charge in [-0.15, -0.1) is 0 Å². The molecule has 1 heterocycles. The molecule has 0 saturated carbocycles. The van der Waals surface area contributed by atoms with Crippen LogP contribution in [0, 0.1) is 6.92 Å². The SMILES string of the molecule is C=C1C=C(c2ccc(C)cc2)OC1(C(C)=O)C(=O)OCC. The van der Waals surface area contributed by atoms with Gasteiger partial charge in [-0.25, -0.2) is 4.79 Å². The van der Waals surface area contributed by atoms with Crippen LogP contribution in [0.3, 0.4) is 0 Å². The van der Waals surface area contributed by atoms with Crippen LogP contribution in [0.15, 0.2) is 42.5 Å². The third-order valence-electron chi connectivity index (χ3n) is 3.42. The predicted octanol–water partition coefficient (Wildman–Crippen LogP) is 2.81. The van der Waals surface area contributed by atoms with Crippen molar-refractivity contribution in [1.29, 1.82) is 0 Å². The number of aryl methyl sites for hydroxylation is 1. The summed E-state index contributed by atoms with van der Waals surface area (Å²) in [5.74, 6) is -0.714. The molecule has 2 rings (SSSR count). The largest absolute Gasteiger partial charge is 0.462 e. The molecular formula is C17H18O4. The fourth-order valence-electron chi connectivity index (χ4n) is 2.23. The highest BCUT2D eigenvalue weighted by molar-refractivity contribution is 6.12. The summed E-state index contributed by atoms with van der Waals surface area (Å²) in [6.45, 7) is 8.93. The van der Waals surface area contributed by atoms with Gasteiger partial charge in [-0.1, -0.05) is 36.4 Å². The van der Waals surface area contributed by atoms with Crippen molar-refractivity contribution < 1.29 is 19.1 Å². The van der Waals surface area contributed by atoms with E-state index in [1.807, 2.05) is 31.2 Å². The molecule has 4 nitrogen and oxygen atoms in total. The summed E-state index contributed by atoms with van der Waals surface area (Å²) in [7, 11) is 0. The van der Waals surface area contributed by atoms with Crippen LogP contribution in [-0.2, 0) is 19.1 Å². The first-order chi connectivity index (χ1) is 9.91. The maximum Gasteiger partial charge on any atom is 0.363 e. The maximum atomic E-state index is 12.2. The molecule has 0 bridgehead atoms. The summed E-state index contributed by atoms with van der Waals surface area (Å²) in [4.78, 5) is 24.2. The van der Waals surface area contributed by atoms with Crippen LogP contribution >= 0.6 is 0 Å². The predicted molar refractivity (Wildman–Crippen MR) is 79.4 cm³/mol. The number of ether oxygens (including phenoxy) is 2. The summed E-state index contributed by atoms with van der Waals surface area (Å²) in [5.41, 5.74) is 0.438. The van der Waals surface area contributed by atoms with Gasteiger partial charge in [0.15, 0.2) is 5.78 Å². The summed E-state index contributed by atoms with van der Waals surface area (Å²) < 4.78 is 10.7. The van der Waals surface area contributed by atoms with E-state index in [1.165, 1.54) is 6.92 Å². The van der Waals surface area contributed by atoms with Gasteiger partial charge in [0.1, 0.15) is 5.76 Å². The van der Waals surface area contributed by atoms with Gasteiger partial charge in [0.25, 0.3) is 5.60 Å². The molecule has 0 aliphatic carbocycles. The van der Waals surface area contributed by atoms with Gasteiger partial charge in [-0.2, -0.15) is 0 Å². The van der Waals surface area contributed by atoms with Crippen molar-refractivity contribution in [3.63, 3.8) is 0 Å². The molecule has 1 aliphatic rings. The van der Waals surface area contributed by atoms with Crippen LogP contribution in [0.4, 0.5) is 0 Å². The number of hydrogen-bond donors (Lipinski definition) is 0. The Hall–Kier alpha value is -2.36. The van der Waals surface area contributed by atoms with Gasteiger partial charge in [0.05, 0.1) is 6.61 Å². The Morgan fingerprint density at radius 2 is 1.90 bits per heavy atom. The van der Waals surface area contributed by atoms with Crippen molar-refractivity contribution in [2.24, 2.45) is 0 Å². The first-order valence-electron chi connectivity index (χ1n) is 6.77. The van der Waals surface area contributed by atoms with Crippen molar-refractivity contribution in [2.45, 2.75) is 26.4 Å². The standard InChI is InChI=1S/C17H18O4/c1-5-20-16(19)17(13(4)18)12(3)10-15(21-17)14-8-6-11(2)7-9-14/h6-10H,3,5H2,1-2,4H3. The van der Waals surface area contributed by atoms with E-state index in [2.05, 4.69) is 6.58 Å². The third-order valence-corrected chi connectivity index (χ3v) is 3.42. The van der Waals surface area contributed by atoms with Gasteiger partial charge in [-0.3, -0.25) is 4.79 Å². The first kappa shape index (κ1) is 15.0. The number of benzene rings is 1. The lowest BCUT2D eigenvalue weighted by atomic mass is 9.92. The van der Waals surface area contributed by atoms with Gasteiger partial charge in [-0.05, 0) is 26.8 Å². The average Bonchev–Trinajstić information content (AvgIpc) is 2.78. The second kappa shape index (κ2) is 5.56. The Morgan fingerprint density at radius 3 is 2.43 bits per heavy atom. The molecule has 21 heavy (non-hydrogen) atoms. The fourth-order valence-corrected chi connectivity index (χ4v) is 2.23. The highest BCUT2D eigenvalue weighted by Crippen LogP contribution is 2.39. The smallest absolute Gasteiger partial charge is 0.363 e. The van der Waals surface area contributed by atoms with E-state index in [9.17, 15) is 9.59 Å². The molecule has 0 amide bonds. The summed E-state index contributed by atoms with van der Waals surface area (Å²) in [6, 6.07) is 7.60. The van der Waals surface area contributed by atoms with Crippen molar-refractivity contribution >= 4 is 17.5 Å². The second-order valence-electron chi connectivity index (χ2n) is 4.96. The Morgan fingerprint density at radius 1 is 1.29 bits per heavy atom. The first-order valence-corrected chi connectivity index (χ1v) is 6.77. The lowest BCUT2D eigenvalue weighted by Gasteiger charge is -2.25. The Labute approximate surface area is 124 Å². The normalized spacial score (nSPS) is 20.7. The molecule has 1 unspecified atom stereocenters. The number of Topliss-reactive ketones (excluding diaryl/α,β-unsaturated/α-hetero) is 1. The van der Waals surface area contributed by atoms with Crippen LogP contribution in [0.2, 0.25) is 0 Å². The number of carbonyl (C=O) groups is 2. The highest BCUT2D eigenvalue weighted by Gasteiger charge is 2.53. The number of rotatable bonds is 4. The lowest BCUT2D eigenvalue weighted by Crippen LogP contribution is -2.47.